The molecule has 1 aromatic heterocycles. The zero-order valence-electron chi connectivity index (χ0n) is 22.7. The lowest BCUT2D eigenvalue weighted by molar-refractivity contribution is 0.212. The minimum Gasteiger partial charge on any atom is -0.490 e. The Morgan fingerprint density at radius 3 is 2.35 bits per heavy atom. The average Bonchev–Trinajstić information content (AvgIpc) is 3.34. The van der Waals surface area contributed by atoms with Crippen LogP contribution in [0, 0.1) is 0 Å². The summed E-state index contributed by atoms with van der Waals surface area (Å²) in [5.41, 5.74) is 2.95. The predicted octanol–water partition coefficient (Wildman–Crippen LogP) is 9.30. The van der Waals surface area contributed by atoms with Gasteiger partial charge in [0.25, 0.3) is 0 Å². The first-order chi connectivity index (χ1) is 20.9. The predicted molar refractivity (Wildman–Crippen MR) is 174 cm³/mol. The number of hydrogen-bond donors (Lipinski definition) is 2. The second-order valence-electron chi connectivity index (χ2n) is 9.69. The molecular formula is C33H25Cl3N4O3. The zero-order chi connectivity index (χ0) is 29.8. The summed E-state index contributed by atoms with van der Waals surface area (Å²) < 4.78 is 13.7. The number of fused-ring (bicyclic) bond motifs is 2. The SMILES string of the molecule is O=C(Nc1ccc2c(c1)c(OCCOc1ccc(Cl)cc1)nn2Cc1ccc(Cl)cc1Cl)Nc1cccc2ccccc12. The first-order valence-electron chi connectivity index (χ1n) is 13.4. The molecule has 0 saturated carbocycles. The molecule has 2 amide bonds. The third kappa shape index (κ3) is 6.81. The van der Waals surface area contributed by atoms with E-state index in [1.54, 1.807) is 41.1 Å². The summed E-state index contributed by atoms with van der Waals surface area (Å²) in [5, 5.41) is 15.1. The van der Waals surface area contributed by atoms with Crippen LogP contribution in [0.2, 0.25) is 15.1 Å². The van der Waals surface area contributed by atoms with Gasteiger partial charge in [-0.15, -0.1) is 5.10 Å². The number of carbonyl (C=O) groups excluding carboxylic acids is 1. The fraction of sp³-hybridized carbons (Fsp3) is 0.0909. The van der Waals surface area contributed by atoms with Crippen LogP contribution in [0.15, 0.2) is 103 Å². The number of aromatic nitrogens is 2. The van der Waals surface area contributed by atoms with Crippen LogP contribution in [-0.4, -0.2) is 29.0 Å². The highest BCUT2D eigenvalue weighted by atomic mass is 35.5. The molecule has 2 N–H and O–H groups in total. The summed E-state index contributed by atoms with van der Waals surface area (Å²) in [6.07, 6.45) is 0. The first-order valence-corrected chi connectivity index (χ1v) is 14.6. The minimum atomic E-state index is -0.366. The van der Waals surface area contributed by atoms with Crippen molar-refractivity contribution in [2.45, 2.75) is 6.54 Å². The highest BCUT2D eigenvalue weighted by molar-refractivity contribution is 6.35. The molecule has 0 aliphatic heterocycles. The van der Waals surface area contributed by atoms with Crippen molar-refractivity contribution in [3.8, 4) is 11.6 Å². The summed E-state index contributed by atoms with van der Waals surface area (Å²) in [4.78, 5) is 13.0. The molecule has 0 atom stereocenters. The van der Waals surface area contributed by atoms with Crippen molar-refractivity contribution in [1.29, 1.82) is 0 Å². The molecular weight excluding hydrogens is 607 g/mol. The Kier molecular flexibility index (Phi) is 8.56. The molecule has 0 saturated heterocycles. The van der Waals surface area contributed by atoms with Crippen molar-refractivity contribution in [3.63, 3.8) is 0 Å². The summed E-state index contributed by atoms with van der Waals surface area (Å²) in [6.45, 7) is 0.936. The van der Waals surface area contributed by atoms with Crippen LogP contribution in [0.4, 0.5) is 16.2 Å². The Hall–Kier alpha value is -4.43. The quantitative estimate of drug-likeness (QED) is 0.156. The van der Waals surface area contributed by atoms with Crippen molar-refractivity contribution < 1.29 is 14.3 Å². The second-order valence-corrected chi connectivity index (χ2v) is 11.0. The van der Waals surface area contributed by atoms with Gasteiger partial charge in [0, 0.05) is 26.1 Å². The van der Waals surface area contributed by atoms with Crippen molar-refractivity contribution in [3.05, 3.63) is 124 Å². The minimum absolute atomic E-state index is 0.246. The van der Waals surface area contributed by atoms with E-state index in [9.17, 15) is 4.79 Å². The van der Waals surface area contributed by atoms with Crippen molar-refractivity contribution in [2.24, 2.45) is 0 Å². The number of amides is 2. The largest absolute Gasteiger partial charge is 0.490 e. The molecule has 0 aliphatic carbocycles. The molecule has 0 bridgehead atoms. The Labute approximate surface area is 262 Å². The number of carbonyl (C=O) groups is 1. The summed E-state index contributed by atoms with van der Waals surface area (Å²) >= 11 is 18.5. The number of rotatable bonds is 9. The van der Waals surface area contributed by atoms with Crippen LogP contribution in [0.25, 0.3) is 21.7 Å². The van der Waals surface area contributed by atoms with Crippen molar-refractivity contribution in [2.75, 3.05) is 23.8 Å². The van der Waals surface area contributed by atoms with Gasteiger partial charge in [0.2, 0.25) is 5.88 Å². The second kappa shape index (κ2) is 12.8. The number of nitrogens with one attached hydrogen (secondary N) is 2. The molecule has 0 spiro atoms. The number of nitrogens with zero attached hydrogens (tertiary/aromatic N) is 2. The number of benzene rings is 5. The first kappa shape index (κ1) is 28.7. The normalized spacial score (nSPS) is 11.0. The van der Waals surface area contributed by atoms with Crippen LogP contribution in [-0.2, 0) is 6.54 Å². The Balaban J connectivity index is 1.23. The zero-order valence-corrected chi connectivity index (χ0v) is 25.0. The van der Waals surface area contributed by atoms with Gasteiger partial charge in [0.15, 0.2) is 0 Å². The number of halogens is 3. The maximum Gasteiger partial charge on any atom is 0.323 e. The van der Waals surface area contributed by atoms with Gasteiger partial charge in [0.1, 0.15) is 19.0 Å². The van der Waals surface area contributed by atoms with Crippen LogP contribution < -0.4 is 20.1 Å². The van der Waals surface area contributed by atoms with Gasteiger partial charge in [0.05, 0.1) is 23.1 Å². The van der Waals surface area contributed by atoms with E-state index in [1.165, 1.54) is 0 Å². The van der Waals surface area contributed by atoms with Crippen LogP contribution in [0.3, 0.4) is 0 Å². The molecule has 5 aromatic carbocycles. The molecule has 0 aliphatic rings. The van der Waals surface area contributed by atoms with Crippen LogP contribution >= 0.6 is 34.8 Å². The molecule has 216 valence electrons. The number of anilines is 2. The molecule has 0 fully saturated rings. The van der Waals surface area contributed by atoms with Gasteiger partial charge >= 0.3 is 6.03 Å². The molecule has 0 unspecified atom stereocenters. The highest BCUT2D eigenvalue weighted by Gasteiger charge is 2.16. The Morgan fingerprint density at radius 1 is 0.744 bits per heavy atom. The van der Waals surface area contributed by atoms with Gasteiger partial charge in [-0.2, -0.15) is 0 Å². The van der Waals surface area contributed by atoms with Gasteiger partial charge in [-0.3, -0.25) is 4.68 Å². The molecule has 6 rings (SSSR count). The van der Waals surface area contributed by atoms with Crippen molar-refractivity contribution >= 4 is 73.9 Å². The Morgan fingerprint density at radius 2 is 1.51 bits per heavy atom. The van der Waals surface area contributed by atoms with E-state index >= 15 is 0 Å². The maximum atomic E-state index is 13.0. The molecule has 10 heteroatoms. The van der Waals surface area contributed by atoms with Gasteiger partial charge in [-0.05, 0) is 71.6 Å². The number of urea groups is 1. The molecule has 0 radical (unpaired) electrons. The fourth-order valence-electron chi connectivity index (χ4n) is 4.71. The van der Waals surface area contributed by atoms with E-state index in [4.69, 9.17) is 49.4 Å². The third-order valence-electron chi connectivity index (χ3n) is 6.75. The number of ether oxygens (including phenoxy) is 2. The maximum absolute atomic E-state index is 13.0. The molecule has 6 aromatic rings. The van der Waals surface area contributed by atoms with Gasteiger partial charge in [-0.25, -0.2) is 4.79 Å². The third-order valence-corrected chi connectivity index (χ3v) is 7.59. The lowest BCUT2D eigenvalue weighted by atomic mass is 10.1. The highest BCUT2D eigenvalue weighted by Crippen LogP contribution is 2.31. The standard InChI is InChI=1S/C33H25Cl3N4O3/c34-23-10-13-26(14-11-23)42-16-17-43-32-28-19-25(37-33(41)38-30-7-3-5-21-4-1-2-6-27(21)30)12-15-31(28)40(39-32)20-22-8-9-24(35)18-29(22)36/h1-15,18-19H,16-17,20H2,(H2,37,38,41). The summed E-state index contributed by atoms with van der Waals surface area (Å²) in [7, 11) is 0. The molecule has 43 heavy (non-hydrogen) atoms. The molecule has 1 heterocycles. The summed E-state index contributed by atoms with van der Waals surface area (Å²) in [5.74, 6) is 1.09. The van der Waals surface area contributed by atoms with E-state index in [2.05, 4.69) is 10.6 Å². The average molecular weight is 632 g/mol. The fourth-order valence-corrected chi connectivity index (χ4v) is 5.31. The number of hydrogen-bond acceptors (Lipinski definition) is 4. The monoisotopic (exact) mass is 630 g/mol. The topological polar surface area (TPSA) is 77.4 Å². The van der Waals surface area contributed by atoms with Crippen molar-refractivity contribution in [1.82, 2.24) is 9.78 Å². The molecule has 7 nitrogen and oxygen atoms in total. The van der Waals surface area contributed by atoms with E-state index in [0.717, 1.165) is 27.2 Å². The van der Waals surface area contributed by atoms with E-state index in [-0.39, 0.29) is 12.6 Å². The lowest BCUT2D eigenvalue weighted by Gasteiger charge is -2.11. The van der Waals surface area contributed by atoms with Gasteiger partial charge in [-0.1, -0.05) is 77.3 Å². The van der Waals surface area contributed by atoms with Gasteiger partial charge < -0.3 is 20.1 Å². The van der Waals surface area contributed by atoms with E-state index in [0.29, 0.717) is 51.2 Å². The smallest absolute Gasteiger partial charge is 0.323 e. The van der Waals surface area contributed by atoms with Crippen LogP contribution in [0.5, 0.6) is 11.6 Å². The lowest BCUT2D eigenvalue weighted by Crippen LogP contribution is -2.19. The van der Waals surface area contributed by atoms with Crippen LogP contribution in [0.1, 0.15) is 5.56 Å². The van der Waals surface area contributed by atoms with E-state index < -0.39 is 0 Å². The summed E-state index contributed by atoms with van der Waals surface area (Å²) in [6, 6.07) is 31.3. The van der Waals surface area contributed by atoms with E-state index in [1.807, 2.05) is 66.7 Å². The Bertz CT molecular complexity index is 1920.